The van der Waals surface area contributed by atoms with Crippen LogP contribution in [0.15, 0.2) is 21.1 Å². The molecule has 0 saturated heterocycles. The van der Waals surface area contributed by atoms with Crippen molar-refractivity contribution in [3.8, 4) is 5.75 Å². The summed E-state index contributed by atoms with van der Waals surface area (Å²) in [6.07, 6.45) is 7.17. The van der Waals surface area contributed by atoms with Crippen LogP contribution in [0.25, 0.3) is 0 Å². The number of benzene rings is 1. The Morgan fingerprint density at radius 1 is 1.12 bits per heavy atom. The fourth-order valence-electron chi connectivity index (χ4n) is 2.11. The van der Waals surface area contributed by atoms with Crippen molar-refractivity contribution in [1.82, 2.24) is 0 Å². The van der Waals surface area contributed by atoms with Gasteiger partial charge in [0.1, 0.15) is 12.0 Å². The van der Waals surface area contributed by atoms with Gasteiger partial charge in [0.15, 0.2) is 0 Å². The number of carbonyl (C=O) groups is 1. The molecule has 1 aromatic rings. The molecule has 1 fully saturated rings. The number of hydrogen-bond acceptors (Lipinski definition) is 2. The van der Waals surface area contributed by atoms with Gasteiger partial charge < -0.3 is 4.74 Å². The summed E-state index contributed by atoms with van der Waals surface area (Å²) < 4.78 is 7.67. The van der Waals surface area contributed by atoms with E-state index in [2.05, 4.69) is 31.9 Å². The molecule has 0 radical (unpaired) electrons. The Bertz CT molecular complexity index is 389. The molecular formula is C13H14Br2O2. The van der Waals surface area contributed by atoms with Gasteiger partial charge in [0, 0.05) is 5.56 Å². The summed E-state index contributed by atoms with van der Waals surface area (Å²) in [5.74, 6) is 0.808. The van der Waals surface area contributed by atoms with Crippen LogP contribution >= 0.6 is 31.9 Å². The molecule has 0 aromatic heterocycles. The highest BCUT2D eigenvalue weighted by Gasteiger charge is 2.18. The van der Waals surface area contributed by atoms with Crippen LogP contribution in [0, 0.1) is 0 Å². The average Bonchev–Trinajstić information content (AvgIpc) is 2.35. The molecule has 2 rings (SSSR count). The van der Waals surface area contributed by atoms with Crippen molar-refractivity contribution >= 4 is 38.1 Å². The highest BCUT2D eigenvalue weighted by Crippen LogP contribution is 2.36. The van der Waals surface area contributed by atoms with Crippen molar-refractivity contribution in [3.05, 3.63) is 26.6 Å². The fraction of sp³-hybridized carbons (Fsp3) is 0.462. The van der Waals surface area contributed by atoms with Gasteiger partial charge in [-0.3, -0.25) is 4.79 Å². The van der Waals surface area contributed by atoms with Crippen LogP contribution in [0.1, 0.15) is 42.5 Å². The molecule has 1 aliphatic rings. The summed E-state index contributed by atoms with van der Waals surface area (Å²) in [5.41, 5.74) is 0.639. The Labute approximate surface area is 118 Å². The summed E-state index contributed by atoms with van der Waals surface area (Å²) >= 11 is 6.90. The van der Waals surface area contributed by atoms with Crippen molar-refractivity contribution in [2.45, 2.75) is 38.2 Å². The minimum absolute atomic E-state index is 0.304. The number of halogens is 2. The minimum Gasteiger partial charge on any atom is -0.488 e. The van der Waals surface area contributed by atoms with Gasteiger partial charge in [-0.15, -0.1) is 0 Å². The van der Waals surface area contributed by atoms with Gasteiger partial charge in [0.25, 0.3) is 0 Å². The van der Waals surface area contributed by atoms with Crippen LogP contribution in [0.5, 0.6) is 5.75 Å². The Hall–Kier alpha value is -0.350. The van der Waals surface area contributed by atoms with Crippen molar-refractivity contribution in [2.75, 3.05) is 0 Å². The van der Waals surface area contributed by atoms with E-state index in [4.69, 9.17) is 4.74 Å². The summed E-state index contributed by atoms with van der Waals surface area (Å²) in [6, 6.07) is 3.58. The minimum atomic E-state index is 0.304. The molecule has 0 amide bonds. The first-order valence-electron chi connectivity index (χ1n) is 5.81. The van der Waals surface area contributed by atoms with E-state index >= 15 is 0 Å². The summed E-state index contributed by atoms with van der Waals surface area (Å²) in [4.78, 5) is 10.7. The van der Waals surface area contributed by atoms with E-state index in [0.717, 1.165) is 33.8 Å². The van der Waals surface area contributed by atoms with E-state index < -0.39 is 0 Å². The lowest BCUT2D eigenvalue weighted by molar-refractivity contribution is 0.112. The third kappa shape index (κ3) is 3.32. The number of ether oxygens (including phenoxy) is 1. The number of rotatable bonds is 3. The third-order valence-electron chi connectivity index (χ3n) is 2.99. The highest BCUT2D eigenvalue weighted by molar-refractivity contribution is 9.11. The second kappa shape index (κ2) is 6.01. The molecule has 0 spiro atoms. The van der Waals surface area contributed by atoms with Crippen molar-refractivity contribution in [3.63, 3.8) is 0 Å². The maximum Gasteiger partial charge on any atom is 0.150 e. The second-order valence-corrected chi connectivity index (χ2v) is 6.02. The molecular weight excluding hydrogens is 348 g/mol. The lowest BCUT2D eigenvalue weighted by Crippen LogP contribution is -2.20. The molecule has 0 N–H and O–H groups in total. The van der Waals surface area contributed by atoms with Crippen molar-refractivity contribution < 1.29 is 9.53 Å². The summed E-state index contributed by atoms with van der Waals surface area (Å²) in [7, 11) is 0. The first-order valence-corrected chi connectivity index (χ1v) is 7.40. The lowest BCUT2D eigenvalue weighted by Gasteiger charge is -2.24. The molecule has 0 unspecified atom stereocenters. The van der Waals surface area contributed by atoms with Crippen molar-refractivity contribution in [2.24, 2.45) is 0 Å². The lowest BCUT2D eigenvalue weighted by atomic mass is 9.98. The summed E-state index contributed by atoms with van der Waals surface area (Å²) in [6.45, 7) is 0. The molecule has 2 nitrogen and oxygen atoms in total. The molecule has 0 aliphatic heterocycles. The first kappa shape index (κ1) is 13.1. The SMILES string of the molecule is O=Cc1cc(Br)c(OC2CCCCC2)c(Br)c1. The van der Waals surface area contributed by atoms with Gasteiger partial charge in [0.2, 0.25) is 0 Å². The van der Waals surface area contributed by atoms with E-state index in [-0.39, 0.29) is 0 Å². The molecule has 92 valence electrons. The predicted octanol–water partition coefficient (Wildman–Crippen LogP) is 4.74. The zero-order chi connectivity index (χ0) is 12.3. The standard InChI is InChI=1S/C13H14Br2O2/c14-11-6-9(8-16)7-12(15)13(11)17-10-4-2-1-3-5-10/h6-8,10H,1-5H2. The number of aldehydes is 1. The largest absolute Gasteiger partial charge is 0.488 e. The highest BCUT2D eigenvalue weighted by atomic mass is 79.9. The molecule has 0 atom stereocenters. The van der Waals surface area contributed by atoms with Crippen LogP contribution in [-0.4, -0.2) is 12.4 Å². The van der Waals surface area contributed by atoms with Gasteiger partial charge >= 0.3 is 0 Å². The van der Waals surface area contributed by atoms with E-state index in [1.165, 1.54) is 19.3 Å². The molecule has 17 heavy (non-hydrogen) atoms. The Balaban J connectivity index is 2.17. The molecule has 1 aromatic carbocycles. The van der Waals surface area contributed by atoms with Crippen LogP contribution in [0.2, 0.25) is 0 Å². The van der Waals surface area contributed by atoms with E-state index in [1.807, 2.05) is 0 Å². The van der Waals surface area contributed by atoms with Gasteiger partial charge in [-0.2, -0.15) is 0 Å². The number of carbonyl (C=O) groups excluding carboxylic acids is 1. The van der Waals surface area contributed by atoms with Crippen LogP contribution in [0.3, 0.4) is 0 Å². The second-order valence-electron chi connectivity index (χ2n) is 4.31. The maximum atomic E-state index is 10.7. The fourth-order valence-corrected chi connectivity index (χ4v) is 3.52. The first-order chi connectivity index (χ1) is 8.20. The number of hydrogen-bond donors (Lipinski definition) is 0. The smallest absolute Gasteiger partial charge is 0.150 e. The van der Waals surface area contributed by atoms with Crippen LogP contribution in [0.4, 0.5) is 0 Å². The monoisotopic (exact) mass is 360 g/mol. The molecule has 1 aliphatic carbocycles. The van der Waals surface area contributed by atoms with Gasteiger partial charge in [-0.25, -0.2) is 0 Å². The van der Waals surface area contributed by atoms with Gasteiger partial charge in [-0.05, 0) is 69.7 Å². The van der Waals surface area contributed by atoms with Gasteiger partial charge in [-0.1, -0.05) is 6.42 Å². The third-order valence-corrected chi connectivity index (χ3v) is 4.17. The molecule has 4 heteroatoms. The maximum absolute atomic E-state index is 10.7. The van der Waals surface area contributed by atoms with Gasteiger partial charge in [0.05, 0.1) is 15.0 Å². The molecule has 1 saturated carbocycles. The quantitative estimate of drug-likeness (QED) is 0.727. The normalized spacial score (nSPS) is 16.8. The van der Waals surface area contributed by atoms with Crippen LogP contribution in [-0.2, 0) is 0 Å². The van der Waals surface area contributed by atoms with Crippen LogP contribution < -0.4 is 4.74 Å². The zero-order valence-corrected chi connectivity index (χ0v) is 12.6. The summed E-state index contributed by atoms with van der Waals surface area (Å²) in [5, 5.41) is 0. The Morgan fingerprint density at radius 3 is 2.24 bits per heavy atom. The topological polar surface area (TPSA) is 26.3 Å². The van der Waals surface area contributed by atoms with E-state index in [9.17, 15) is 4.79 Å². The van der Waals surface area contributed by atoms with E-state index in [1.54, 1.807) is 12.1 Å². The molecule has 0 heterocycles. The molecule has 0 bridgehead atoms. The Morgan fingerprint density at radius 2 is 1.71 bits per heavy atom. The van der Waals surface area contributed by atoms with E-state index in [0.29, 0.717) is 11.7 Å². The van der Waals surface area contributed by atoms with Crippen molar-refractivity contribution in [1.29, 1.82) is 0 Å². The zero-order valence-electron chi connectivity index (χ0n) is 9.42. The predicted molar refractivity (Wildman–Crippen MR) is 74.7 cm³/mol. The Kier molecular flexibility index (Phi) is 4.62. The average molecular weight is 362 g/mol.